The first-order chi connectivity index (χ1) is 6.51. The summed E-state index contributed by atoms with van der Waals surface area (Å²) in [4.78, 5) is 1.40. The molecule has 14 heavy (non-hydrogen) atoms. The van der Waals surface area contributed by atoms with Gasteiger partial charge in [0.15, 0.2) is 0 Å². The second kappa shape index (κ2) is 3.94. The Kier molecular flexibility index (Phi) is 3.08. The van der Waals surface area contributed by atoms with Gasteiger partial charge in [-0.1, -0.05) is 11.6 Å². The lowest BCUT2D eigenvalue weighted by Crippen LogP contribution is -2.30. The molecule has 0 saturated carbocycles. The van der Waals surface area contributed by atoms with E-state index < -0.39 is 10.0 Å². The van der Waals surface area contributed by atoms with Gasteiger partial charge in [-0.3, -0.25) is 5.84 Å². The van der Waals surface area contributed by atoms with Crippen LogP contribution >= 0.6 is 11.6 Å². The van der Waals surface area contributed by atoms with Crippen molar-refractivity contribution in [3.05, 3.63) is 28.8 Å². The zero-order valence-electron chi connectivity index (χ0n) is 6.86. The van der Waals surface area contributed by atoms with Crippen LogP contribution in [0.4, 0.5) is 0 Å². The number of rotatable bonds is 2. The number of nitriles is 1. The lowest BCUT2D eigenvalue weighted by atomic mass is 10.2. The summed E-state index contributed by atoms with van der Waals surface area (Å²) in [6, 6.07) is 5.63. The largest absolute Gasteiger partial charge is 0.257 e. The second-order valence-electron chi connectivity index (χ2n) is 2.37. The quantitative estimate of drug-likeness (QED) is 0.568. The maximum atomic E-state index is 11.3. The Hall–Kier alpha value is -1.13. The Bertz CT molecular complexity index is 492. The number of sulfonamides is 1. The Morgan fingerprint density at radius 2 is 2.14 bits per heavy atom. The highest BCUT2D eigenvalue weighted by molar-refractivity contribution is 7.89. The highest BCUT2D eigenvalue weighted by atomic mass is 35.5. The maximum Gasteiger partial charge on any atom is 0.254 e. The molecule has 0 spiro atoms. The van der Waals surface area contributed by atoms with Crippen molar-refractivity contribution >= 4 is 21.6 Å². The summed E-state index contributed by atoms with van der Waals surface area (Å²) in [5.41, 5.74) is -0.00708. The number of benzene rings is 1. The van der Waals surface area contributed by atoms with E-state index in [1.807, 2.05) is 0 Å². The molecule has 0 unspecified atom stereocenters. The third kappa shape index (κ3) is 2.02. The smallest absolute Gasteiger partial charge is 0.254 e. The van der Waals surface area contributed by atoms with E-state index in [1.165, 1.54) is 12.1 Å². The number of hydrogen-bond donors (Lipinski definition) is 2. The van der Waals surface area contributed by atoms with Crippen LogP contribution in [-0.2, 0) is 10.0 Å². The van der Waals surface area contributed by atoms with Crippen LogP contribution in [0.1, 0.15) is 5.56 Å². The van der Waals surface area contributed by atoms with Gasteiger partial charge in [0.2, 0.25) is 0 Å². The van der Waals surface area contributed by atoms with Crippen molar-refractivity contribution in [1.82, 2.24) is 4.83 Å². The molecular formula is C7H6ClN3O2S. The summed E-state index contributed by atoms with van der Waals surface area (Å²) in [6.45, 7) is 0. The van der Waals surface area contributed by atoms with Gasteiger partial charge in [-0.2, -0.15) is 10.1 Å². The maximum absolute atomic E-state index is 11.3. The SMILES string of the molecule is N#Cc1ccc(Cl)cc1S(=O)(=O)NN. The number of nitrogens with two attached hydrogens (primary N) is 1. The average Bonchev–Trinajstić information content (AvgIpc) is 2.18. The predicted molar refractivity (Wildman–Crippen MR) is 50.7 cm³/mol. The molecule has 74 valence electrons. The molecule has 0 heterocycles. The molecule has 0 aliphatic rings. The third-order valence-corrected chi connectivity index (χ3v) is 2.97. The fourth-order valence-electron chi connectivity index (χ4n) is 0.874. The van der Waals surface area contributed by atoms with Crippen LogP contribution < -0.4 is 10.7 Å². The molecule has 1 aromatic carbocycles. The van der Waals surface area contributed by atoms with E-state index in [0.29, 0.717) is 0 Å². The molecule has 1 aromatic rings. The molecule has 0 fully saturated rings. The van der Waals surface area contributed by atoms with Crippen LogP contribution in [-0.4, -0.2) is 8.42 Å². The summed E-state index contributed by atoms with van der Waals surface area (Å²) in [5, 5.41) is 8.86. The number of hydrazine groups is 1. The van der Waals surface area contributed by atoms with Crippen molar-refractivity contribution in [2.75, 3.05) is 0 Å². The van der Waals surface area contributed by atoms with Crippen LogP contribution in [0, 0.1) is 11.3 Å². The van der Waals surface area contributed by atoms with Crippen LogP contribution in [0.5, 0.6) is 0 Å². The van der Waals surface area contributed by atoms with Crippen molar-refractivity contribution in [3.63, 3.8) is 0 Å². The molecule has 1 rings (SSSR count). The van der Waals surface area contributed by atoms with Crippen molar-refractivity contribution in [3.8, 4) is 6.07 Å². The Labute approximate surface area is 86.1 Å². The van der Waals surface area contributed by atoms with E-state index >= 15 is 0 Å². The summed E-state index contributed by atoms with van der Waals surface area (Å²) in [5.74, 6) is 4.82. The lowest BCUT2D eigenvalue weighted by Gasteiger charge is -2.04. The third-order valence-electron chi connectivity index (χ3n) is 1.51. The Morgan fingerprint density at radius 1 is 1.50 bits per heavy atom. The highest BCUT2D eigenvalue weighted by Gasteiger charge is 2.17. The van der Waals surface area contributed by atoms with Gasteiger partial charge in [0.05, 0.1) is 5.56 Å². The van der Waals surface area contributed by atoms with Crippen molar-refractivity contribution in [2.24, 2.45) is 5.84 Å². The van der Waals surface area contributed by atoms with E-state index in [4.69, 9.17) is 22.7 Å². The Balaban J connectivity index is 3.49. The van der Waals surface area contributed by atoms with Crippen molar-refractivity contribution in [2.45, 2.75) is 4.90 Å². The van der Waals surface area contributed by atoms with Crippen LogP contribution in [0.2, 0.25) is 5.02 Å². The predicted octanol–water partition coefficient (Wildman–Crippen LogP) is 0.364. The normalized spacial score (nSPS) is 10.9. The Morgan fingerprint density at radius 3 is 2.64 bits per heavy atom. The van der Waals surface area contributed by atoms with Gasteiger partial charge in [0, 0.05) is 5.02 Å². The number of hydrogen-bond acceptors (Lipinski definition) is 4. The van der Waals surface area contributed by atoms with Crippen LogP contribution in [0.15, 0.2) is 23.1 Å². The molecule has 0 aliphatic heterocycles. The molecule has 0 aromatic heterocycles. The first-order valence-corrected chi connectivity index (χ1v) is 5.29. The molecule has 5 nitrogen and oxygen atoms in total. The average molecular weight is 232 g/mol. The molecular weight excluding hydrogens is 226 g/mol. The van der Waals surface area contributed by atoms with Gasteiger partial charge in [-0.25, -0.2) is 8.42 Å². The van der Waals surface area contributed by atoms with Gasteiger partial charge in [-0.05, 0) is 18.2 Å². The molecule has 0 atom stereocenters. The van der Waals surface area contributed by atoms with Crippen LogP contribution in [0.3, 0.4) is 0 Å². The van der Waals surface area contributed by atoms with Gasteiger partial charge >= 0.3 is 0 Å². The topological polar surface area (TPSA) is 96.0 Å². The van der Waals surface area contributed by atoms with Crippen molar-refractivity contribution in [1.29, 1.82) is 5.26 Å². The monoisotopic (exact) mass is 231 g/mol. The second-order valence-corrected chi connectivity index (χ2v) is 4.49. The summed E-state index contributed by atoms with van der Waals surface area (Å²) in [7, 11) is -3.84. The zero-order chi connectivity index (χ0) is 10.8. The van der Waals surface area contributed by atoms with Crippen molar-refractivity contribution < 1.29 is 8.42 Å². The number of halogens is 1. The molecule has 0 amide bonds. The molecule has 0 saturated heterocycles. The zero-order valence-corrected chi connectivity index (χ0v) is 8.43. The molecule has 0 radical (unpaired) electrons. The van der Waals surface area contributed by atoms with Gasteiger partial charge in [-0.15, -0.1) is 0 Å². The van der Waals surface area contributed by atoms with E-state index in [0.717, 1.165) is 6.07 Å². The van der Waals surface area contributed by atoms with E-state index in [1.54, 1.807) is 10.9 Å². The fraction of sp³-hybridized carbons (Fsp3) is 0. The lowest BCUT2D eigenvalue weighted by molar-refractivity contribution is 0.584. The standard InChI is InChI=1S/C7H6ClN3O2S/c8-6-2-1-5(4-9)7(3-6)14(12,13)11-10/h1-3,11H,10H2. The van der Waals surface area contributed by atoms with Gasteiger partial charge in [0.1, 0.15) is 11.0 Å². The summed E-state index contributed by atoms with van der Waals surface area (Å²) < 4.78 is 22.6. The van der Waals surface area contributed by atoms with E-state index in [-0.39, 0.29) is 15.5 Å². The number of nitrogens with zero attached hydrogens (tertiary/aromatic N) is 1. The minimum absolute atomic E-state index is 0.00708. The molecule has 3 N–H and O–H groups in total. The molecule has 0 bridgehead atoms. The van der Waals surface area contributed by atoms with E-state index in [9.17, 15) is 8.42 Å². The van der Waals surface area contributed by atoms with Crippen LogP contribution in [0.25, 0.3) is 0 Å². The minimum Gasteiger partial charge on any atom is -0.257 e. The first kappa shape index (κ1) is 10.9. The molecule has 7 heteroatoms. The summed E-state index contributed by atoms with van der Waals surface area (Å²) >= 11 is 5.59. The minimum atomic E-state index is -3.84. The fourth-order valence-corrected chi connectivity index (χ4v) is 1.92. The molecule has 0 aliphatic carbocycles. The first-order valence-electron chi connectivity index (χ1n) is 3.43. The van der Waals surface area contributed by atoms with Gasteiger partial charge < -0.3 is 0 Å². The van der Waals surface area contributed by atoms with E-state index in [2.05, 4.69) is 0 Å². The van der Waals surface area contributed by atoms with Gasteiger partial charge in [0.25, 0.3) is 10.0 Å². The highest BCUT2D eigenvalue weighted by Crippen LogP contribution is 2.19. The summed E-state index contributed by atoms with van der Waals surface area (Å²) in [6.07, 6.45) is 0. The number of nitrogens with one attached hydrogen (secondary N) is 1.